The van der Waals surface area contributed by atoms with Gasteiger partial charge in [-0.15, -0.1) is 12.3 Å². The van der Waals surface area contributed by atoms with Gasteiger partial charge in [-0.25, -0.2) is 0 Å². The highest BCUT2D eigenvalue weighted by Crippen LogP contribution is 2.17. The van der Waals surface area contributed by atoms with E-state index in [4.69, 9.17) is 11.2 Å². The molecule has 16 heavy (non-hydrogen) atoms. The van der Waals surface area contributed by atoms with Crippen LogP contribution in [0, 0.1) is 24.2 Å². The Morgan fingerprint density at radius 1 is 1.38 bits per heavy atom. The molecular formula is C14H15NO. The summed E-state index contributed by atoms with van der Waals surface area (Å²) in [6.45, 7) is 3.53. The van der Waals surface area contributed by atoms with Crippen LogP contribution in [0.15, 0.2) is 24.3 Å². The molecule has 1 aromatic carbocycles. The summed E-state index contributed by atoms with van der Waals surface area (Å²) >= 11 is 0. The van der Waals surface area contributed by atoms with Crippen LogP contribution in [-0.2, 0) is 6.54 Å². The van der Waals surface area contributed by atoms with Gasteiger partial charge in [0.1, 0.15) is 12.4 Å². The second-order valence-corrected chi connectivity index (χ2v) is 3.13. The average Bonchev–Trinajstić information content (AvgIpc) is 2.33. The van der Waals surface area contributed by atoms with Gasteiger partial charge in [0.05, 0.1) is 6.54 Å². The maximum absolute atomic E-state index is 5.43. The Kier molecular flexibility index (Phi) is 5.63. The first kappa shape index (κ1) is 12.2. The molecule has 0 aliphatic rings. The number of rotatable bonds is 5. The molecule has 0 aromatic heterocycles. The second-order valence-electron chi connectivity index (χ2n) is 3.13. The molecule has 2 nitrogen and oxygen atoms in total. The van der Waals surface area contributed by atoms with Gasteiger partial charge in [-0.2, -0.15) is 0 Å². The van der Waals surface area contributed by atoms with Crippen molar-refractivity contribution in [3.8, 4) is 29.9 Å². The van der Waals surface area contributed by atoms with Crippen molar-refractivity contribution in [2.75, 3.05) is 13.2 Å². The van der Waals surface area contributed by atoms with Crippen molar-refractivity contribution in [2.24, 2.45) is 0 Å². The van der Waals surface area contributed by atoms with E-state index in [-0.39, 0.29) is 0 Å². The Morgan fingerprint density at radius 3 is 2.94 bits per heavy atom. The molecule has 1 N–H and O–H groups in total. The van der Waals surface area contributed by atoms with Gasteiger partial charge < -0.3 is 10.1 Å². The number of benzene rings is 1. The van der Waals surface area contributed by atoms with Gasteiger partial charge in [-0.3, -0.25) is 0 Å². The topological polar surface area (TPSA) is 21.3 Å². The minimum Gasteiger partial charge on any atom is -0.481 e. The Labute approximate surface area is 97.0 Å². The van der Waals surface area contributed by atoms with Crippen LogP contribution >= 0.6 is 0 Å². The summed E-state index contributed by atoms with van der Waals surface area (Å²) in [7, 11) is 0. The van der Waals surface area contributed by atoms with E-state index in [1.54, 1.807) is 0 Å². The fourth-order valence-corrected chi connectivity index (χ4v) is 1.26. The molecule has 2 heteroatoms. The molecule has 0 aliphatic heterocycles. The SMILES string of the molecule is C#CCOc1ccccc1CNCC#CC. The third-order valence-electron chi connectivity index (χ3n) is 1.99. The molecule has 0 spiro atoms. The lowest BCUT2D eigenvalue weighted by atomic mass is 10.2. The molecule has 1 aromatic rings. The molecule has 1 rings (SSSR count). The summed E-state index contributed by atoms with van der Waals surface area (Å²) in [5, 5.41) is 3.21. The van der Waals surface area contributed by atoms with Gasteiger partial charge in [0, 0.05) is 12.1 Å². The summed E-state index contributed by atoms with van der Waals surface area (Å²) < 4.78 is 5.43. The second kappa shape index (κ2) is 7.40. The monoisotopic (exact) mass is 213 g/mol. The number of hydrogen-bond donors (Lipinski definition) is 1. The third kappa shape index (κ3) is 4.09. The number of ether oxygens (including phenoxy) is 1. The molecule has 0 radical (unpaired) electrons. The predicted molar refractivity (Wildman–Crippen MR) is 65.9 cm³/mol. The van der Waals surface area contributed by atoms with E-state index in [1.807, 2.05) is 31.2 Å². The molecule has 0 saturated carbocycles. The average molecular weight is 213 g/mol. The lowest BCUT2D eigenvalue weighted by Gasteiger charge is -2.09. The van der Waals surface area contributed by atoms with Gasteiger partial charge in [0.25, 0.3) is 0 Å². The van der Waals surface area contributed by atoms with Gasteiger partial charge in [-0.05, 0) is 13.0 Å². The summed E-state index contributed by atoms with van der Waals surface area (Å²) in [6.07, 6.45) is 5.16. The normalized spacial score (nSPS) is 8.75. The number of para-hydroxylation sites is 1. The first-order valence-electron chi connectivity index (χ1n) is 5.13. The highest BCUT2D eigenvalue weighted by molar-refractivity contribution is 5.33. The highest BCUT2D eigenvalue weighted by Gasteiger charge is 2.00. The van der Waals surface area contributed by atoms with Crippen molar-refractivity contribution in [3.05, 3.63) is 29.8 Å². The molecule has 0 unspecified atom stereocenters. The van der Waals surface area contributed by atoms with Crippen LogP contribution in [0.25, 0.3) is 0 Å². The Hall–Kier alpha value is -1.90. The van der Waals surface area contributed by atoms with Crippen LogP contribution in [0.1, 0.15) is 12.5 Å². The molecule has 0 fully saturated rings. The van der Waals surface area contributed by atoms with Crippen LogP contribution < -0.4 is 10.1 Å². The zero-order chi connectivity index (χ0) is 11.6. The zero-order valence-corrected chi connectivity index (χ0v) is 9.42. The smallest absolute Gasteiger partial charge is 0.148 e. The quantitative estimate of drug-likeness (QED) is 0.595. The number of nitrogens with one attached hydrogen (secondary N) is 1. The van der Waals surface area contributed by atoms with Crippen molar-refractivity contribution < 1.29 is 4.74 Å². The van der Waals surface area contributed by atoms with Gasteiger partial charge in [0.2, 0.25) is 0 Å². The fraction of sp³-hybridized carbons (Fsp3) is 0.286. The van der Waals surface area contributed by atoms with Crippen LogP contribution in [0.3, 0.4) is 0 Å². The Morgan fingerprint density at radius 2 is 2.19 bits per heavy atom. The van der Waals surface area contributed by atoms with Crippen LogP contribution in [0.4, 0.5) is 0 Å². The van der Waals surface area contributed by atoms with Gasteiger partial charge >= 0.3 is 0 Å². The van der Waals surface area contributed by atoms with E-state index in [2.05, 4.69) is 23.1 Å². The van der Waals surface area contributed by atoms with Crippen molar-refractivity contribution in [1.82, 2.24) is 5.32 Å². The van der Waals surface area contributed by atoms with E-state index in [0.29, 0.717) is 13.2 Å². The van der Waals surface area contributed by atoms with Crippen molar-refractivity contribution in [2.45, 2.75) is 13.5 Å². The predicted octanol–water partition coefficient (Wildman–Crippen LogP) is 1.81. The number of terminal acetylenes is 1. The maximum Gasteiger partial charge on any atom is 0.148 e. The molecule has 0 amide bonds. The van der Waals surface area contributed by atoms with E-state index < -0.39 is 0 Å². The molecular weight excluding hydrogens is 198 g/mol. The molecule has 0 saturated heterocycles. The van der Waals surface area contributed by atoms with Crippen molar-refractivity contribution >= 4 is 0 Å². The van der Waals surface area contributed by atoms with E-state index in [9.17, 15) is 0 Å². The fourth-order valence-electron chi connectivity index (χ4n) is 1.26. The highest BCUT2D eigenvalue weighted by atomic mass is 16.5. The van der Waals surface area contributed by atoms with Crippen LogP contribution in [0.5, 0.6) is 5.75 Å². The minimum absolute atomic E-state index is 0.297. The lowest BCUT2D eigenvalue weighted by molar-refractivity contribution is 0.365. The molecule has 0 heterocycles. The summed E-state index contributed by atoms with van der Waals surface area (Å²) in [6, 6.07) is 7.84. The van der Waals surface area contributed by atoms with Crippen LogP contribution in [0.2, 0.25) is 0 Å². The Bertz CT molecular complexity index is 420. The maximum atomic E-state index is 5.43. The van der Waals surface area contributed by atoms with Crippen molar-refractivity contribution in [1.29, 1.82) is 0 Å². The molecule has 0 bridgehead atoms. The van der Waals surface area contributed by atoms with E-state index >= 15 is 0 Å². The molecule has 0 atom stereocenters. The van der Waals surface area contributed by atoms with Crippen molar-refractivity contribution in [3.63, 3.8) is 0 Å². The Balaban J connectivity index is 2.55. The minimum atomic E-state index is 0.297. The summed E-state index contributed by atoms with van der Waals surface area (Å²) in [4.78, 5) is 0. The lowest BCUT2D eigenvalue weighted by Crippen LogP contribution is -2.14. The largest absolute Gasteiger partial charge is 0.481 e. The summed E-state index contributed by atoms with van der Waals surface area (Å²) in [5.41, 5.74) is 1.09. The molecule has 0 aliphatic carbocycles. The van der Waals surface area contributed by atoms with Gasteiger partial charge in [-0.1, -0.05) is 30.0 Å². The standard InChI is InChI=1S/C14H15NO/c1-3-5-10-15-12-13-8-6-7-9-14(13)16-11-4-2/h2,6-9,15H,10-12H2,1H3. The van der Waals surface area contributed by atoms with E-state index in [0.717, 1.165) is 17.9 Å². The zero-order valence-electron chi connectivity index (χ0n) is 9.42. The number of hydrogen-bond acceptors (Lipinski definition) is 2. The third-order valence-corrected chi connectivity index (χ3v) is 1.99. The van der Waals surface area contributed by atoms with E-state index in [1.165, 1.54) is 0 Å². The first-order chi connectivity index (χ1) is 7.88. The molecule has 82 valence electrons. The van der Waals surface area contributed by atoms with Gasteiger partial charge in [0.15, 0.2) is 0 Å². The first-order valence-corrected chi connectivity index (χ1v) is 5.13. The summed E-state index contributed by atoms with van der Waals surface area (Å²) in [5.74, 6) is 9.07. The van der Waals surface area contributed by atoms with Crippen LogP contribution in [-0.4, -0.2) is 13.2 Å².